The molecule has 1 aliphatic rings. The van der Waals surface area contributed by atoms with Crippen LogP contribution in [0.5, 0.6) is 0 Å². The molecule has 7 nitrogen and oxygen atoms in total. The van der Waals surface area contributed by atoms with Gasteiger partial charge in [0, 0.05) is 39.4 Å². The van der Waals surface area contributed by atoms with Gasteiger partial charge in [0.25, 0.3) is 0 Å². The van der Waals surface area contributed by atoms with Crippen molar-refractivity contribution < 1.29 is 14.3 Å². The molecule has 2 aromatic rings. The normalized spacial score (nSPS) is 16.2. The molecule has 1 fully saturated rings. The summed E-state index contributed by atoms with van der Waals surface area (Å²) in [6, 6.07) is 17.6. The van der Waals surface area contributed by atoms with Gasteiger partial charge in [-0.1, -0.05) is 42.5 Å². The van der Waals surface area contributed by atoms with Crippen molar-refractivity contribution in [2.24, 2.45) is 0 Å². The molecule has 2 N–H and O–H groups in total. The third-order valence-corrected chi connectivity index (χ3v) is 5.59. The van der Waals surface area contributed by atoms with E-state index in [1.807, 2.05) is 56.3 Å². The van der Waals surface area contributed by atoms with Crippen LogP contribution in [0, 0.1) is 0 Å². The van der Waals surface area contributed by atoms with E-state index in [0.717, 1.165) is 29.9 Å². The third kappa shape index (κ3) is 6.29. The lowest BCUT2D eigenvalue weighted by atomic mass is 10.0. The number of nitrogens with one attached hydrogen (secondary N) is 2. The van der Waals surface area contributed by atoms with E-state index in [1.54, 1.807) is 0 Å². The smallest absolute Gasteiger partial charge is 0.309 e. The number of anilines is 1. The highest BCUT2D eigenvalue weighted by molar-refractivity contribution is 6.35. The van der Waals surface area contributed by atoms with Crippen LogP contribution < -0.4 is 15.5 Å². The molecule has 2 aromatic carbocycles. The number of carbonyl (C=O) groups excluding carboxylic acids is 2. The highest BCUT2D eigenvalue weighted by Crippen LogP contribution is 2.24. The SMILES string of the molecule is CC(NC(=O)C(=O)NCC(c1ccc(N(C)C)cc1)N1CCOCC1)c1ccccc1. The lowest BCUT2D eigenvalue weighted by molar-refractivity contribution is -0.139. The molecule has 0 aliphatic carbocycles. The van der Waals surface area contributed by atoms with E-state index < -0.39 is 11.8 Å². The molecule has 2 amide bonds. The summed E-state index contributed by atoms with van der Waals surface area (Å²) < 4.78 is 5.49. The van der Waals surface area contributed by atoms with Crippen LogP contribution in [0.15, 0.2) is 54.6 Å². The van der Waals surface area contributed by atoms with Gasteiger partial charge in [0.2, 0.25) is 0 Å². The van der Waals surface area contributed by atoms with Crippen LogP contribution in [0.2, 0.25) is 0 Å². The first-order valence-corrected chi connectivity index (χ1v) is 10.7. The Bertz CT molecular complexity index is 849. The molecule has 1 aliphatic heterocycles. The molecule has 0 bridgehead atoms. The molecule has 1 saturated heterocycles. The van der Waals surface area contributed by atoms with Crippen LogP contribution in [0.4, 0.5) is 5.69 Å². The number of hydrogen-bond donors (Lipinski definition) is 2. The topological polar surface area (TPSA) is 73.9 Å². The molecule has 7 heteroatoms. The maximum absolute atomic E-state index is 12.5. The lowest BCUT2D eigenvalue weighted by Gasteiger charge is -2.35. The van der Waals surface area contributed by atoms with Crippen molar-refractivity contribution in [3.63, 3.8) is 0 Å². The summed E-state index contributed by atoms with van der Waals surface area (Å²) >= 11 is 0. The summed E-state index contributed by atoms with van der Waals surface area (Å²) in [6.45, 7) is 5.11. The Kier molecular flexibility index (Phi) is 8.03. The Hall–Kier alpha value is -2.90. The second-order valence-electron chi connectivity index (χ2n) is 7.97. The van der Waals surface area contributed by atoms with E-state index in [1.165, 1.54) is 0 Å². The summed E-state index contributed by atoms with van der Waals surface area (Å²) in [4.78, 5) is 29.2. The number of carbonyl (C=O) groups is 2. The Morgan fingerprint density at radius 1 is 0.968 bits per heavy atom. The maximum atomic E-state index is 12.5. The minimum Gasteiger partial charge on any atom is -0.379 e. The van der Waals surface area contributed by atoms with E-state index in [9.17, 15) is 9.59 Å². The van der Waals surface area contributed by atoms with E-state index in [4.69, 9.17) is 4.74 Å². The Morgan fingerprint density at radius 3 is 2.23 bits per heavy atom. The molecule has 0 radical (unpaired) electrons. The number of benzene rings is 2. The van der Waals surface area contributed by atoms with E-state index in [-0.39, 0.29) is 12.1 Å². The van der Waals surface area contributed by atoms with Gasteiger partial charge in [-0.25, -0.2) is 0 Å². The van der Waals surface area contributed by atoms with E-state index >= 15 is 0 Å². The number of nitrogens with zero attached hydrogens (tertiary/aromatic N) is 2. The zero-order valence-electron chi connectivity index (χ0n) is 18.5. The zero-order valence-corrected chi connectivity index (χ0v) is 18.5. The summed E-state index contributed by atoms with van der Waals surface area (Å²) in [7, 11) is 4.01. The van der Waals surface area contributed by atoms with Crippen LogP contribution in [-0.2, 0) is 14.3 Å². The van der Waals surface area contributed by atoms with Gasteiger partial charge in [-0.15, -0.1) is 0 Å². The minimum absolute atomic E-state index is 0.0246. The monoisotopic (exact) mass is 424 g/mol. The van der Waals surface area contributed by atoms with Crippen molar-refractivity contribution in [2.45, 2.75) is 19.0 Å². The zero-order chi connectivity index (χ0) is 22.2. The molecule has 1 heterocycles. The number of ether oxygens (including phenoxy) is 1. The second-order valence-corrected chi connectivity index (χ2v) is 7.97. The van der Waals surface area contributed by atoms with Gasteiger partial charge in [-0.05, 0) is 30.2 Å². The maximum Gasteiger partial charge on any atom is 0.309 e. The number of amides is 2. The van der Waals surface area contributed by atoms with Crippen LogP contribution in [-0.4, -0.2) is 63.7 Å². The van der Waals surface area contributed by atoms with Crippen molar-refractivity contribution >= 4 is 17.5 Å². The van der Waals surface area contributed by atoms with Gasteiger partial charge in [0.1, 0.15) is 0 Å². The highest BCUT2D eigenvalue weighted by atomic mass is 16.5. The quantitative estimate of drug-likeness (QED) is 0.666. The highest BCUT2D eigenvalue weighted by Gasteiger charge is 2.25. The molecule has 0 aromatic heterocycles. The summed E-state index contributed by atoms with van der Waals surface area (Å²) in [5.41, 5.74) is 3.17. The van der Waals surface area contributed by atoms with Crippen LogP contribution in [0.25, 0.3) is 0 Å². The predicted molar refractivity (Wildman–Crippen MR) is 122 cm³/mol. The van der Waals surface area contributed by atoms with Crippen molar-refractivity contribution in [2.75, 3.05) is 51.8 Å². The fraction of sp³-hybridized carbons (Fsp3) is 0.417. The first kappa shape index (κ1) is 22.8. The molecule has 0 saturated carbocycles. The van der Waals surface area contributed by atoms with Gasteiger partial charge in [-0.3, -0.25) is 14.5 Å². The van der Waals surface area contributed by atoms with Crippen LogP contribution >= 0.6 is 0 Å². The average Bonchev–Trinajstić information content (AvgIpc) is 2.80. The first-order chi connectivity index (χ1) is 15.0. The predicted octanol–water partition coefficient (Wildman–Crippen LogP) is 2.12. The number of hydrogen-bond acceptors (Lipinski definition) is 5. The number of morpholine rings is 1. The molecule has 3 rings (SSSR count). The first-order valence-electron chi connectivity index (χ1n) is 10.7. The fourth-order valence-electron chi connectivity index (χ4n) is 3.70. The number of rotatable bonds is 7. The van der Waals surface area contributed by atoms with Gasteiger partial charge in [0.15, 0.2) is 0 Å². The lowest BCUT2D eigenvalue weighted by Crippen LogP contribution is -2.47. The molecular formula is C24H32N4O3. The van der Waals surface area contributed by atoms with Gasteiger partial charge < -0.3 is 20.3 Å². The molecule has 31 heavy (non-hydrogen) atoms. The average molecular weight is 425 g/mol. The van der Waals surface area contributed by atoms with Crippen LogP contribution in [0.3, 0.4) is 0 Å². The Balaban J connectivity index is 1.63. The van der Waals surface area contributed by atoms with Gasteiger partial charge in [0.05, 0.1) is 25.3 Å². The van der Waals surface area contributed by atoms with Gasteiger partial charge >= 0.3 is 11.8 Å². The Labute approximate surface area is 184 Å². The van der Waals surface area contributed by atoms with Crippen molar-refractivity contribution in [1.29, 1.82) is 0 Å². The standard InChI is InChI=1S/C24H32N4O3/c1-18(19-7-5-4-6-8-19)26-24(30)23(29)25-17-22(28-13-15-31-16-14-28)20-9-11-21(12-10-20)27(2)3/h4-12,18,22H,13-17H2,1-3H3,(H,25,29)(H,26,30). The largest absolute Gasteiger partial charge is 0.379 e. The fourth-order valence-corrected chi connectivity index (χ4v) is 3.70. The molecule has 2 atom stereocenters. The van der Waals surface area contributed by atoms with Gasteiger partial charge in [-0.2, -0.15) is 0 Å². The second kappa shape index (κ2) is 10.9. The van der Waals surface area contributed by atoms with Crippen LogP contribution in [0.1, 0.15) is 30.1 Å². The van der Waals surface area contributed by atoms with Crippen molar-refractivity contribution in [3.8, 4) is 0 Å². The molecule has 2 unspecified atom stereocenters. The van der Waals surface area contributed by atoms with E-state index in [0.29, 0.717) is 19.8 Å². The third-order valence-electron chi connectivity index (χ3n) is 5.59. The summed E-state index contributed by atoms with van der Waals surface area (Å²) in [5, 5.41) is 5.60. The molecular weight excluding hydrogens is 392 g/mol. The summed E-state index contributed by atoms with van der Waals surface area (Å²) in [6.07, 6.45) is 0. The molecule has 0 spiro atoms. The van der Waals surface area contributed by atoms with E-state index in [2.05, 4.69) is 39.8 Å². The Morgan fingerprint density at radius 2 is 1.61 bits per heavy atom. The van der Waals surface area contributed by atoms with Crippen molar-refractivity contribution in [3.05, 3.63) is 65.7 Å². The minimum atomic E-state index is -0.625. The van der Waals surface area contributed by atoms with Crippen molar-refractivity contribution in [1.82, 2.24) is 15.5 Å². The summed E-state index contributed by atoms with van der Waals surface area (Å²) in [5.74, 6) is -1.24. The molecule has 166 valence electrons.